The van der Waals surface area contributed by atoms with Crippen molar-refractivity contribution in [3.05, 3.63) is 28.8 Å². The van der Waals surface area contributed by atoms with Gasteiger partial charge in [-0.2, -0.15) is 8.78 Å². The maximum absolute atomic E-state index is 11.7. The fourth-order valence-electron chi connectivity index (χ4n) is 0.788. The van der Waals surface area contributed by atoms with Gasteiger partial charge in [0.1, 0.15) is 5.75 Å². The van der Waals surface area contributed by atoms with E-state index in [1.54, 1.807) is 0 Å². The standard InChI is InChI=1S/C8H5ClF2O2/c9-7-2-1-6(13-8(10)11)3-5(7)4-12/h1-4,8H. The Balaban J connectivity index is 2.92. The molecule has 1 aromatic carbocycles. The van der Waals surface area contributed by atoms with Crippen molar-refractivity contribution < 1.29 is 18.3 Å². The number of benzene rings is 1. The van der Waals surface area contributed by atoms with Gasteiger partial charge in [0.15, 0.2) is 6.29 Å². The molecule has 1 aromatic rings. The fourth-order valence-corrected chi connectivity index (χ4v) is 0.950. The molecule has 0 heterocycles. The Morgan fingerprint density at radius 1 is 1.46 bits per heavy atom. The molecule has 0 aliphatic rings. The van der Waals surface area contributed by atoms with Crippen molar-refractivity contribution in [2.24, 2.45) is 0 Å². The lowest BCUT2D eigenvalue weighted by atomic mass is 10.2. The number of hydrogen-bond acceptors (Lipinski definition) is 2. The van der Waals surface area contributed by atoms with Crippen molar-refractivity contribution >= 4 is 17.9 Å². The Labute approximate surface area is 78.1 Å². The summed E-state index contributed by atoms with van der Waals surface area (Å²) in [7, 11) is 0. The Kier molecular flexibility index (Phi) is 3.19. The molecule has 0 atom stereocenters. The van der Waals surface area contributed by atoms with Gasteiger partial charge in [-0.1, -0.05) is 11.6 Å². The topological polar surface area (TPSA) is 26.3 Å². The first-order valence-electron chi connectivity index (χ1n) is 3.33. The average molecular weight is 207 g/mol. The number of carbonyl (C=O) groups is 1. The number of aldehydes is 1. The summed E-state index contributed by atoms with van der Waals surface area (Å²) < 4.78 is 27.5. The van der Waals surface area contributed by atoms with E-state index in [0.29, 0.717) is 6.29 Å². The van der Waals surface area contributed by atoms with Crippen LogP contribution in [0.1, 0.15) is 10.4 Å². The molecule has 0 saturated heterocycles. The van der Waals surface area contributed by atoms with E-state index in [0.717, 1.165) is 6.07 Å². The van der Waals surface area contributed by atoms with Gasteiger partial charge in [0.05, 0.1) is 5.02 Å². The van der Waals surface area contributed by atoms with E-state index in [1.807, 2.05) is 0 Å². The van der Waals surface area contributed by atoms with E-state index in [1.165, 1.54) is 12.1 Å². The van der Waals surface area contributed by atoms with Crippen molar-refractivity contribution in [1.82, 2.24) is 0 Å². The quantitative estimate of drug-likeness (QED) is 0.711. The molecule has 70 valence electrons. The fraction of sp³-hybridized carbons (Fsp3) is 0.125. The van der Waals surface area contributed by atoms with Gasteiger partial charge in [0.25, 0.3) is 0 Å². The third-order valence-electron chi connectivity index (χ3n) is 1.32. The largest absolute Gasteiger partial charge is 0.435 e. The minimum atomic E-state index is -2.90. The molecule has 0 aliphatic carbocycles. The molecule has 0 saturated carbocycles. The van der Waals surface area contributed by atoms with Crippen LogP contribution in [0.3, 0.4) is 0 Å². The summed E-state index contributed by atoms with van der Waals surface area (Å²) in [5, 5.41) is 0.205. The second kappa shape index (κ2) is 4.18. The van der Waals surface area contributed by atoms with Gasteiger partial charge in [0, 0.05) is 5.56 Å². The minimum absolute atomic E-state index is 0.0819. The summed E-state index contributed by atoms with van der Waals surface area (Å²) in [5.74, 6) is -0.0819. The molecule has 0 fully saturated rings. The minimum Gasteiger partial charge on any atom is -0.435 e. The summed E-state index contributed by atoms with van der Waals surface area (Å²) in [5.41, 5.74) is 0.125. The van der Waals surface area contributed by atoms with E-state index in [2.05, 4.69) is 4.74 Å². The van der Waals surface area contributed by atoms with Crippen molar-refractivity contribution in [2.75, 3.05) is 0 Å². The van der Waals surface area contributed by atoms with Crippen molar-refractivity contribution in [2.45, 2.75) is 6.61 Å². The number of halogens is 3. The van der Waals surface area contributed by atoms with Crippen LogP contribution in [-0.4, -0.2) is 12.9 Å². The third kappa shape index (κ3) is 2.66. The molecule has 0 aromatic heterocycles. The van der Waals surface area contributed by atoms with Crippen LogP contribution in [0.2, 0.25) is 5.02 Å². The van der Waals surface area contributed by atoms with Crippen LogP contribution < -0.4 is 4.74 Å². The molecular weight excluding hydrogens is 202 g/mol. The molecule has 2 nitrogen and oxygen atoms in total. The van der Waals surface area contributed by atoms with Crippen molar-refractivity contribution in [3.8, 4) is 5.75 Å². The maximum Gasteiger partial charge on any atom is 0.387 e. The van der Waals surface area contributed by atoms with Crippen LogP contribution in [0, 0.1) is 0 Å². The van der Waals surface area contributed by atoms with E-state index in [-0.39, 0.29) is 16.3 Å². The molecule has 0 bridgehead atoms. The predicted molar refractivity (Wildman–Crippen MR) is 43.5 cm³/mol. The highest BCUT2D eigenvalue weighted by atomic mass is 35.5. The molecule has 0 amide bonds. The van der Waals surface area contributed by atoms with Gasteiger partial charge in [0.2, 0.25) is 0 Å². The first kappa shape index (κ1) is 9.92. The summed E-state index contributed by atoms with van der Waals surface area (Å²) in [6.07, 6.45) is 0.473. The SMILES string of the molecule is O=Cc1cc(OC(F)F)ccc1Cl. The highest BCUT2D eigenvalue weighted by molar-refractivity contribution is 6.32. The van der Waals surface area contributed by atoms with Gasteiger partial charge in [-0.25, -0.2) is 0 Å². The second-order valence-electron chi connectivity index (χ2n) is 2.18. The zero-order chi connectivity index (χ0) is 9.84. The number of rotatable bonds is 3. The Bertz CT molecular complexity index is 315. The van der Waals surface area contributed by atoms with Crippen LogP contribution in [-0.2, 0) is 0 Å². The summed E-state index contributed by atoms with van der Waals surface area (Å²) in [4.78, 5) is 10.3. The van der Waals surface area contributed by atoms with E-state index >= 15 is 0 Å². The summed E-state index contributed by atoms with van der Waals surface area (Å²) >= 11 is 5.56. The van der Waals surface area contributed by atoms with Crippen LogP contribution in [0.4, 0.5) is 8.78 Å². The molecule has 1 rings (SSSR count). The number of hydrogen-bond donors (Lipinski definition) is 0. The Hall–Kier alpha value is -1.16. The monoisotopic (exact) mass is 206 g/mol. The van der Waals surface area contributed by atoms with Gasteiger partial charge < -0.3 is 4.74 Å². The van der Waals surface area contributed by atoms with E-state index in [4.69, 9.17) is 11.6 Å². The molecular formula is C8H5ClF2O2. The molecule has 0 radical (unpaired) electrons. The van der Waals surface area contributed by atoms with Gasteiger partial charge in [-0.3, -0.25) is 4.79 Å². The lowest BCUT2D eigenvalue weighted by Crippen LogP contribution is -2.02. The average Bonchev–Trinajstić information content (AvgIpc) is 2.07. The van der Waals surface area contributed by atoms with Crippen molar-refractivity contribution in [3.63, 3.8) is 0 Å². The van der Waals surface area contributed by atoms with Gasteiger partial charge >= 0.3 is 6.61 Å². The molecule has 13 heavy (non-hydrogen) atoms. The van der Waals surface area contributed by atoms with Crippen LogP contribution in [0.5, 0.6) is 5.75 Å². The van der Waals surface area contributed by atoms with E-state index < -0.39 is 6.61 Å². The normalized spacial score (nSPS) is 10.2. The Morgan fingerprint density at radius 3 is 2.69 bits per heavy atom. The molecule has 0 N–H and O–H groups in total. The first-order valence-corrected chi connectivity index (χ1v) is 3.71. The number of alkyl halides is 2. The maximum atomic E-state index is 11.7. The lowest BCUT2D eigenvalue weighted by Gasteiger charge is -2.04. The molecule has 5 heteroatoms. The third-order valence-corrected chi connectivity index (χ3v) is 1.66. The molecule has 0 aliphatic heterocycles. The van der Waals surface area contributed by atoms with Crippen molar-refractivity contribution in [1.29, 1.82) is 0 Å². The molecule has 0 unspecified atom stereocenters. The van der Waals surface area contributed by atoms with Crippen LogP contribution >= 0.6 is 11.6 Å². The zero-order valence-corrected chi connectivity index (χ0v) is 7.09. The Morgan fingerprint density at radius 2 is 2.15 bits per heavy atom. The highest BCUT2D eigenvalue weighted by Crippen LogP contribution is 2.21. The lowest BCUT2D eigenvalue weighted by molar-refractivity contribution is -0.0498. The first-order chi connectivity index (χ1) is 6.13. The van der Waals surface area contributed by atoms with E-state index in [9.17, 15) is 13.6 Å². The second-order valence-corrected chi connectivity index (χ2v) is 2.59. The van der Waals surface area contributed by atoms with Crippen LogP contribution in [0.25, 0.3) is 0 Å². The summed E-state index contributed by atoms with van der Waals surface area (Å²) in [6.45, 7) is -2.90. The predicted octanol–water partition coefficient (Wildman–Crippen LogP) is 2.75. The van der Waals surface area contributed by atoms with Gasteiger partial charge in [-0.05, 0) is 18.2 Å². The molecule has 0 spiro atoms. The zero-order valence-electron chi connectivity index (χ0n) is 6.34. The summed E-state index contributed by atoms with van der Waals surface area (Å²) in [6, 6.07) is 3.74. The number of carbonyl (C=O) groups excluding carboxylic acids is 1. The highest BCUT2D eigenvalue weighted by Gasteiger charge is 2.06. The van der Waals surface area contributed by atoms with Gasteiger partial charge in [-0.15, -0.1) is 0 Å². The smallest absolute Gasteiger partial charge is 0.387 e. The number of ether oxygens (including phenoxy) is 1. The van der Waals surface area contributed by atoms with Crippen LogP contribution in [0.15, 0.2) is 18.2 Å².